The molecule has 1 saturated heterocycles. The van der Waals surface area contributed by atoms with Crippen molar-refractivity contribution in [2.45, 2.75) is 64.8 Å². The topological polar surface area (TPSA) is 69.6 Å². The Kier molecular flexibility index (Phi) is 8.35. The van der Waals surface area contributed by atoms with Crippen molar-refractivity contribution in [3.05, 3.63) is 0 Å². The first-order valence-electron chi connectivity index (χ1n) is 8.24. The van der Waals surface area contributed by atoms with Crippen LogP contribution in [-0.2, 0) is 9.59 Å². The van der Waals surface area contributed by atoms with Crippen molar-refractivity contribution in [3.8, 4) is 0 Å². The molecule has 0 radical (unpaired) electrons. The predicted molar refractivity (Wildman–Crippen MR) is 83.2 cm³/mol. The molecule has 1 aliphatic rings. The third kappa shape index (κ3) is 7.46. The summed E-state index contributed by atoms with van der Waals surface area (Å²) in [7, 11) is 0. The molecular weight excluding hydrogens is 268 g/mol. The fraction of sp³-hybridized carbons (Fsp3) is 0.875. The number of aliphatic carboxylic acids is 1. The molecule has 0 saturated carbocycles. The molecule has 5 heteroatoms. The number of carbonyl (C=O) groups excluding carboxylic acids is 1. The lowest BCUT2D eigenvalue weighted by atomic mass is 10.0. The zero-order valence-electron chi connectivity index (χ0n) is 13.4. The number of rotatable bonds is 8. The van der Waals surface area contributed by atoms with Gasteiger partial charge in [-0.3, -0.25) is 9.59 Å². The number of nitrogens with one attached hydrogen (secondary N) is 1. The molecule has 122 valence electrons. The third-order valence-electron chi connectivity index (χ3n) is 4.26. The molecule has 0 spiro atoms. The maximum absolute atomic E-state index is 12.1. The van der Waals surface area contributed by atoms with Gasteiger partial charge in [-0.25, -0.2) is 0 Å². The number of carboxylic acid groups (broad SMARTS) is 1. The molecule has 21 heavy (non-hydrogen) atoms. The van der Waals surface area contributed by atoms with E-state index in [1.807, 2.05) is 4.90 Å². The van der Waals surface area contributed by atoms with Crippen LogP contribution in [-0.4, -0.2) is 47.6 Å². The van der Waals surface area contributed by atoms with Crippen LogP contribution in [0.1, 0.15) is 58.8 Å². The number of amides is 1. The van der Waals surface area contributed by atoms with Crippen LogP contribution in [0.4, 0.5) is 0 Å². The molecule has 5 nitrogen and oxygen atoms in total. The normalized spacial score (nSPS) is 18.9. The Morgan fingerprint density at radius 3 is 2.29 bits per heavy atom. The Morgan fingerprint density at radius 1 is 1.10 bits per heavy atom. The summed E-state index contributed by atoms with van der Waals surface area (Å²) in [6, 6.07) is 0.252. The second kappa shape index (κ2) is 9.77. The van der Waals surface area contributed by atoms with Crippen molar-refractivity contribution < 1.29 is 14.7 Å². The Labute approximate surface area is 128 Å². The van der Waals surface area contributed by atoms with Gasteiger partial charge in [0.25, 0.3) is 0 Å². The second-order valence-corrected chi connectivity index (χ2v) is 6.25. The molecule has 1 amide bonds. The molecule has 2 unspecified atom stereocenters. The number of hydrogen-bond donors (Lipinski definition) is 2. The zero-order chi connectivity index (χ0) is 15.7. The molecule has 0 bridgehead atoms. The minimum Gasteiger partial charge on any atom is -0.481 e. The SMILES string of the molecule is CC(CCCC(C)C(=O)O)NCC(=O)N1CCCCCC1. The van der Waals surface area contributed by atoms with Gasteiger partial charge in [0.15, 0.2) is 0 Å². The van der Waals surface area contributed by atoms with E-state index in [-0.39, 0.29) is 17.9 Å². The van der Waals surface area contributed by atoms with Gasteiger partial charge >= 0.3 is 5.97 Å². The van der Waals surface area contributed by atoms with E-state index in [2.05, 4.69) is 12.2 Å². The van der Waals surface area contributed by atoms with Crippen molar-refractivity contribution in [2.24, 2.45) is 5.92 Å². The van der Waals surface area contributed by atoms with E-state index in [0.717, 1.165) is 38.8 Å². The number of carbonyl (C=O) groups is 2. The highest BCUT2D eigenvalue weighted by atomic mass is 16.4. The van der Waals surface area contributed by atoms with E-state index in [0.29, 0.717) is 13.0 Å². The second-order valence-electron chi connectivity index (χ2n) is 6.25. The minimum absolute atomic E-state index is 0.197. The Hall–Kier alpha value is -1.10. The van der Waals surface area contributed by atoms with Gasteiger partial charge in [0, 0.05) is 19.1 Å². The first-order valence-corrected chi connectivity index (χ1v) is 8.24. The quantitative estimate of drug-likeness (QED) is 0.721. The molecule has 2 N–H and O–H groups in total. The highest BCUT2D eigenvalue weighted by Gasteiger charge is 2.16. The summed E-state index contributed by atoms with van der Waals surface area (Å²) in [6.45, 7) is 5.98. The molecule has 0 aromatic carbocycles. The highest BCUT2D eigenvalue weighted by molar-refractivity contribution is 5.78. The lowest BCUT2D eigenvalue weighted by Gasteiger charge is -2.22. The lowest BCUT2D eigenvalue weighted by molar-refractivity contribution is -0.141. The van der Waals surface area contributed by atoms with E-state index < -0.39 is 5.97 Å². The van der Waals surface area contributed by atoms with Crippen LogP contribution in [0.2, 0.25) is 0 Å². The average molecular weight is 298 g/mol. The van der Waals surface area contributed by atoms with Crippen LogP contribution < -0.4 is 5.32 Å². The minimum atomic E-state index is -0.730. The molecule has 1 aliphatic heterocycles. The Morgan fingerprint density at radius 2 is 1.71 bits per heavy atom. The van der Waals surface area contributed by atoms with E-state index in [1.165, 1.54) is 12.8 Å². The van der Waals surface area contributed by atoms with Crippen LogP contribution in [0, 0.1) is 5.92 Å². The van der Waals surface area contributed by atoms with Gasteiger partial charge in [-0.15, -0.1) is 0 Å². The molecular formula is C16H30N2O3. The van der Waals surface area contributed by atoms with Crippen molar-refractivity contribution in [1.29, 1.82) is 0 Å². The number of nitrogens with zero attached hydrogens (tertiary/aromatic N) is 1. The summed E-state index contributed by atoms with van der Waals surface area (Å²) < 4.78 is 0. The molecule has 1 heterocycles. The monoisotopic (exact) mass is 298 g/mol. The van der Waals surface area contributed by atoms with Crippen molar-refractivity contribution >= 4 is 11.9 Å². The number of carboxylic acids is 1. The van der Waals surface area contributed by atoms with E-state index in [9.17, 15) is 9.59 Å². The maximum atomic E-state index is 12.1. The zero-order valence-corrected chi connectivity index (χ0v) is 13.4. The summed E-state index contributed by atoms with van der Waals surface area (Å²) in [6.07, 6.45) is 7.18. The molecule has 1 fully saturated rings. The van der Waals surface area contributed by atoms with Crippen LogP contribution >= 0.6 is 0 Å². The van der Waals surface area contributed by atoms with Gasteiger partial charge in [-0.05, 0) is 32.6 Å². The summed E-state index contributed by atoms with van der Waals surface area (Å²) in [5.74, 6) is -0.814. The van der Waals surface area contributed by atoms with Crippen LogP contribution in [0.15, 0.2) is 0 Å². The largest absolute Gasteiger partial charge is 0.481 e. The van der Waals surface area contributed by atoms with Crippen molar-refractivity contribution in [3.63, 3.8) is 0 Å². The Balaban J connectivity index is 2.15. The average Bonchev–Trinajstić information content (AvgIpc) is 2.73. The van der Waals surface area contributed by atoms with Gasteiger partial charge in [0.1, 0.15) is 0 Å². The molecule has 1 rings (SSSR count). The van der Waals surface area contributed by atoms with E-state index in [1.54, 1.807) is 6.92 Å². The van der Waals surface area contributed by atoms with Gasteiger partial charge < -0.3 is 15.3 Å². The first kappa shape index (κ1) is 18.0. The van der Waals surface area contributed by atoms with Gasteiger partial charge in [-0.1, -0.05) is 26.2 Å². The fourth-order valence-corrected chi connectivity index (χ4v) is 2.65. The predicted octanol–water partition coefficient (Wildman–Crippen LogP) is 2.26. The van der Waals surface area contributed by atoms with Crippen LogP contribution in [0.25, 0.3) is 0 Å². The van der Waals surface area contributed by atoms with Crippen LogP contribution in [0.3, 0.4) is 0 Å². The number of likely N-dealkylation sites (tertiary alicyclic amines) is 1. The van der Waals surface area contributed by atoms with Crippen LogP contribution in [0.5, 0.6) is 0 Å². The fourth-order valence-electron chi connectivity index (χ4n) is 2.65. The molecule has 2 atom stereocenters. The van der Waals surface area contributed by atoms with Gasteiger partial charge in [-0.2, -0.15) is 0 Å². The molecule has 0 aliphatic carbocycles. The van der Waals surface area contributed by atoms with Gasteiger partial charge in [0.2, 0.25) is 5.91 Å². The maximum Gasteiger partial charge on any atom is 0.306 e. The first-order chi connectivity index (χ1) is 10.0. The summed E-state index contributed by atoms with van der Waals surface area (Å²) >= 11 is 0. The van der Waals surface area contributed by atoms with Gasteiger partial charge in [0.05, 0.1) is 12.5 Å². The summed E-state index contributed by atoms with van der Waals surface area (Å²) in [5.41, 5.74) is 0. The third-order valence-corrected chi connectivity index (χ3v) is 4.26. The smallest absolute Gasteiger partial charge is 0.306 e. The molecule has 0 aromatic heterocycles. The van der Waals surface area contributed by atoms with Crippen molar-refractivity contribution in [1.82, 2.24) is 10.2 Å². The lowest BCUT2D eigenvalue weighted by Crippen LogP contribution is -2.41. The summed E-state index contributed by atoms with van der Waals surface area (Å²) in [4.78, 5) is 24.8. The molecule has 0 aromatic rings. The standard InChI is InChI=1S/C16H30N2O3/c1-13(16(20)21)8-7-9-14(2)17-12-15(19)18-10-5-3-4-6-11-18/h13-14,17H,3-12H2,1-2H3,(H,20,21). The van der Waals surface area contributed by atoms with Crippen molar-refractivity contribution in [2.75, 3.05) is 19.6 Å². The number of hydrogen-bond acceptors (Lipinski definition) is 3. The van der Waals surface area contributed by atoms with E-state index in [4.69, 9.17) is 5.11 Å². The Bertz CT molecular complexity index is 325. The van der Waals surface area contributed by atoms with E-state index >= 15 is 0 Å². The highest BCUT2D eigenvalue weighted by Crippen LogP contribution is 2.11. The summed E-state index contributed by atoms with van der Waals surface area (Å²) in [5, 5.41) is 12.1.